The maximum atomic E-state index is 12.4. The summed E-state index contributed by atoms with van der Waals surface area (Å²) >= 11 is 0. The minimum absolute atomic E-state index is 0.160. The third-order valence-corrected chi connectivity index (χ3v) is 2.03. The molecule has 1 rings (SSSR count). The standard InChI is InChI=1S/C11H16F2O2/c1-10(2,3)15-9(14)5-4-8-6-11(12,13)7-8/h4-5,8H,6-7H2,1-3H3/b5-4+. The minimum atomic E-state index is -2.54. The first-order valence-electron chi connectivity index (χ1n) is 4.97. The fraction of sp³-hybridized carbons (Fsp3) is 0.727. The number of carbonyl (C=O) groups is 1. The summed E-state index contributed by atoms with van der Waals surface area (Å²) in [6.07, 6.45) is 2.43. The largest absolute Gasteiger partial charge is 0.457 e. The molecule has 0 saturated heterocycles. The maximum Gasteiger partial charge on any atom is 0.330 e. The van der Waals surface area contributed by atoms with Crippen LogP contribution in [-0.4, -0.2) is 17.5 Å². The fourth-order valence-electron chi connectivity index (χ4n) is 1.39. The monoisotopic (exact) mass is 218 g/mol. The van der Waals surface area contributed by atoms with Crippen molar-refractivity contribution < 1.29 is 18.3 Å². The number of hydrogen-bond donors (Lipinski definition) is 0. The molecule has 0 unspecified atom stereocenters. The Hall–Kier alpha value is -0.930. The van der Waals surface area contributed by atoms with E-state index in [9.17, 15) is 13.6 Å². The van der Waals surface area contributed by atoms with Crippen LogP contribution in [0.2, 0.25) is 0 Å². The number of hydrogen-bond acceptors (Lipinski definition) is 2. The Morgan fingerprint density at radius 1 is 1.40 bits per heavy atom. The van der Waals surface area contributed by atoms with E-state index in [0.717, 1.165) is 0 Å². The number of esters is 1. The molecule has 0 aromatic carbocycles. The van der Waals surface area contributed by atoms with Gasteiger partial charge >= 0.3 is 5.97 Å². The van der Waals surface area contributed by atoms with Crippen molar-refractivity contribution in [3.8, 4) is 0 Å². The average Bonchev–Trinajstić information content (AvgIpc) is 1.93. The Morgan fingerprint density at radius 2 is 1.93 bits per heavy atom. The van der Waals surface area contributed by atoms with Gasteiger partial charge in [-0.1, -0.05) is 6.08 Å². The van der Waals surface area contributed by atoms with E-state index >= 15 is 0 Å². The molecule has 1 aliphatic rings. The van der Waals surface area contributed by atoms with Crippen molar-refractivity contribution in [2.75, 3.05) is 0 Å². The molecule has 2 nitrogen and oxygen atoms in total. The Labute approximate surface area is 88.3 Å². The zero-order chi connectivity index (χ0) is 11.7. The normalized spacial score (nSPS) is 21.4. The molecular formula is C11H16F2O2. The van der Waals surface area contributed by atoms with Crippen LogP contribution in [0.15, 0.2) is 12.2 Å². The SMILES string of the molecule is CC(C)(C)OC(=O)/C=C/C1CC(F)(F)C1. The first-order chi connectivity index (χ1) is 6.68. The second-order valence-electron chi connectivity index (χ2n) is 4.92. The highest BCUT2D eigenvalue weighted by atomic mass is 19.3. The van der Waals surface area contributed by atoms with Crippen LogP contribution >= 0.6 is 0 Å². The minimum Gasteiger partial charge on any atom is -0.457 e. The highest BCUT2D eigenvalue weighted by molar-refractivity contribution is 5.82. The molecule has 0 radical (unpaired) electrons. The van der Waals surface area contributed by atoms with E-state index in [0.29, 0.717) is 0 Å². The molecule has 0 atom stereocenters. The van der Waals surface area contributed by atoms with E-state index in [2.05, 4.69) is 0 Å². The lowest BCUT2D eigenvalue weighted by molar-refractivity contribution is -0.148. The summed E-state index contributed by atoms with van der Waals surface area (Å²) in [5, 5.41) is 0. The van der Waals surface area contributed by atoms with Gasteiger partial charge in [0.15, 0.2) is 0 Å². The van der Waals surface area contributed by atoms with E-state index in [1.165, 1.54) is 12.2 Å². The molecule has 0 bridgehead atoms. The number of halogens is 2. The predicted molar refractivity (Wildman–Crippen MR) is 52.7 cm³/mol. The smallest absolute Gasteiger partial charge is 0.330 e. The highest BCUT2D eigenvalue weighted by Gasteiger charge is 2.43. The number of alkyl halides is 2. The van der Waals surface area contributed by atoms with Gasteiger partial charge in [0, 0.05) is 18.9 Å². The fourth-order valence-corrected chi connectivity index (χ4v) is 1.39. The third kappa shape index (κ3) is 4.40. The van der Waals surface area contributed by atoms with Crippen molar-refractivity contribution in [1.82, 2.24) is 0 Å². The van der Waals surface area contributed by atoms with Gasteiger partial charge in [-0.05, 0) is 26.7 Å². The predicted octanol–water partition coefficient (Wildman–Crippen LogP) is 2.93. The molecule has 0 aromatic rings. The third-order valence-electron chi connectivity index (χ3n) is 2.03. The zero-order valence-electron chi connectivity index (χ0n) is 9.22. The van der Waals surface area contributed by atoms with Crippen molar-refractivity contribution >= 4 is 5.97 Å². The summed E-state index contributed by atoms with van der Waals surface area (Å²) in [5.41, 5.74) is -0.537. The molecule has 0 aromatic heterocycles. The van der Waals surface area contributed by atoms with Crippen LogP contribution in [0.4, 0.5) is 8.78 Å². The average molecular weight is 218 g/mol. The van der Waals surface area contributed by atoms with Crippen molar-refractivity contribution in [2.45, 2.75) is 45.1 Å². The Kier molecular flexibility index (Phi) is 3.16. The van der Waals surface area contributed by atoms with Crippen LogP contribution in [0.3, 0.4) is 0 Å². The van der Waals surface area contributed by atoms with E-state index in [1.54, 1.807) is 20.8 Å². The molecule has 1 fully saturated rings. The second kappa shape index (κ2) is 3.91. The molecule has 15 heavy (non-hydrogen) atoms. The van der Waals surface area contributed by atoms with Gasteiger partial charge in [-0.2, -0.15) is 0 Å². The molecule has 0 aliphatic heterocycles. The van der Waals surface area contributed by atoms with E-state index in [4.69, 9.17) is 4.74 Å². The van der Waals surface area contributed by atoms with Gasteiger partial charge < -0.3 is 4.74 Å². The number of ether oxygens (including phenoxy) is 1. The topological polar surface area (TPSA) is 26.3 Å². The Bertz CT molecular complexity index is 269. The molecule has 1 aliphatic carbocycles. The summed E-state index contributed by atoms with van der Waals surface area (Å²) < 4.78 is 29.9. The lowest BCUT2D eigenvalue weighted by Gasteiger charge is -2.32. The van der Waals surface area contributed by atoms with Crippen LogP contribution < -0.4 is 0 Å². The van der Waals surface area contributed by atoms with Crippen LogP contribution in [0.25, 0.3) is 0 Å². The molecular weight excluding hydrogens is 202 g/mol. The maximum absolute atomic E-state index is 12.4. The van der Waals surface area contributed by atoms with Gasteiger partial charge in [0.25, 0.3) is 0 Å². The van der Waals surface area contributed by atoms with Gasteiger partial charge in [-0.25, -0.2) is 13.6 Å². The van der Waals surface area contributed by atoms with E-state index in [-0.39, 0.29) is 18.8 Å². The molecule has 0 spiro atoms. The lowest BCUT2D eigenvalue weighted by Crippen LogP contribution is -2.34. The molecule has 0 heterocycles. The first kappa shape index (κ1) is 12.1. The Morgan fingerprint density at radius 3 is 2.33 bits per heavy atom. The zero-order valence-corrected chi connectivity index (χ0v) is 9.22. The molecule has 0 N–H and O–H groups in total. The number of carbonyl (C=O) groups excluding carboxylic acids is 1. The van der Waals surface area contributed by atoms with Gasteiger partial charge in [0.1, 0.15) is 5.60 Å². The Balaban J connectivity index is 2.31. The van der Waals surface area contributed by atoms with E-state index < -0.39 is 17.5 Å². The summed E-state index contributed by atoms with van der Waals surface area (Å²) in [6.45, 7) is 5.28. The molecule has 4 heteroatoms. The van der Waals surface area contributed by atoms with Gasteiger partial charge in [-0.3, -0.25) is 0 Å². The summed E-state index contributed by atoms with van der Waals surface area (Å²) in [5.74, 6) is -3.20. The molecule has 86 valence electrons. The van der Waals surface area contributed by atoms with Gasteiger partial charge in [0.2, 0.25) is 5.92 Å². The number of allylic oxidation sites excluding steroid dienone is 1. The van der Waals surface area contributed by atoms with E-state index in [1.807, 2.05) is 0 Å². The summed E-state index contributed by atoms with van der Waals surface area (Å²) in [7, 11) is 0. The second-order valence-corrected chi connectivity index (χ2v) is 4.92. The van der Waals surface area contributed by atoms with Crippen LogP contribution in [0.5, 0.6) is 0 Å². The van der Waals surface area contributed by atoms with Crippen molar-refractivity contribution in [3.05, 3.63) is 12.2 Å². The van der Waals surface area contributed by atoms with Crippen LogP contribution in [0, 0.1) is 5.92 Å². The first-order valence-corrected chi connectivity index (χ1v) is 4.97. The summed E-state index contributed by atoms with van der Waals surface area (Å²) in [6, 6.07) is 0. The lowest BCUT2D eigenvalue weighted by atomic mass is 9.81. The van der Waals surface area contributed by atoms with Crippen LogP contribution in [0.1, 0.15) is 33.6 Å². The summed E-state index contributed by atoms with van der Waals surface area (Å²) in [4.78, 5) is 11.2. The molecule has 1 saturated carbocycles. The quantitative estimate of drug-likeness (QED) is 0.526. The van der Waals surface area contributed by atoms with Crippen molar-refractivity contribution in [2.24, 2.45) is 5.92 Å². The van der Waals surface area contributed by atoms with Crippen LogP contribution in [-0.2, 0) is 9.53 Å². The highest BCUT2D eigenvalue weighted by Crippen LogP contribution is 2.42. The van der Waals surface area contributed by atoms with Crippen molar-refractivity contribution in [1.29, 1.82) is 0 Å². The molecule has 0 amide bonds. The van der Waals surface area contributed by atoms with Crippen molar-refractivity contribution in [3.63, 3.8) is 0 Å². The number of rotatable bonds is 2. The van der Waals surface area contributed by atoms with Gasteiger partial charge in [0.05, 0.1) is 0 Å². The van der Waals surface area contributed by atoms with Gasteiger partial charge in [-0.15, -0.1) is 0 Å².